The fourth-order valence-corrected chi connectivity index (χ4v) is 3.23. The summed E-state index contributed by atoms with van der Waals surface area (Å²) < 4.78 is 3.22. The molecule has 1 unspecified atom stereocenters. The van der Waals surface area contributed by atoms with Gasteiger partial charge in [0.1, 0.15) is 0 Å². The Bertz CT molecular complexity index is 417. The summed E-state index contributed by atoms with van der Waals surface area (Å²) in [6.45, 7) is 5.01. The van der Waals surface area contributed by atoms with Crippen LogP contribution in [0.5, 0.6) is 0 Å². The number of rotatable bonds is 4. The molecule has 0 spiro atoms. The Balaban J connectivity index is 3.01. The summed E-state index contributed by atoms with van der Waals surface area (Å²) in [5.74, 6) is 1.71. The van der Waals surface area contributed by atoms with Crippen LogP contribution in [-0.4, -0.2) is 10.3 Å². The van der Waals surface area contributed by atoms with Crippen molar-refractivity contribution in [2.75, 3.05) is 5.75 Å². The van der Waals surface area contributed by atoms with E-state index in [2.05, 4.69) is 58.3 Å². The monoisotopic (exact) mass is 367 g/mol. The molecule has 5 heteroatoms. The molecule has 0 aliphatic rings. The molecule has 1 aromatic heterocycles. The van der Waals surface area contributed by atoms with Crippen LogP contribution in [0.25, 0.3) is 0 Å². The second kappa shape index (κ2) is 6.26. The molecule has 1 atom stereocenters. The first-order valence-corrected chi connectivity index (χ1v) is 7.34. The first kappa shape index (κ1) is 14.3. The molecule has 2 nitrogen and oxygen atoms in total. The minimum Gasteiger partial charge on any atom is -0.313 e. The van der Waals surface area contributed by atoms with Gasteiger partial charge in [-0.2, -0.15) is 12.6 Å². The lowest BCUT2D eigenvalue weighted by molar-refractivity contribution is 0.367. The molecular formula is C11H15Br2NOS. The van der Waals surface area contributed by atoms with Crippen LogP contribution in [0.3, 0.4) is 0 Å². The lowest BCUT2D eigenvalue weighted by Gasteiger charge is -2.20. The van der Waals surface area contributed by atoms with E-state index in [1.54, 1.807) is 10.6 Å². The molecule has 0 fully saturated rings. The van der Waals surface area contributed by atoms with Gasteiger partial charge in [-0.3, -0.25) is 4.79 Å². The molecule has 0 bridgehead atoms. The van der Waals surface area contributed by atoms with Crippen molar-refractivity contribution in [3.63, 3.8) is 0 Å². The lowest BCUT2D eigenvalue weighted by Crippen LogP contribution is -2.27. The fourth-order valence-electron chi connectivity index (χ4n) is 1.43. The molecule has 0 amide bonds. The van der Waals surface area contributed by atoms with Crippen LogP contribution in [0.2, 0.25) is 0 Å². The van der Waals surface area contributed by atoms with Crippen molar-refractivity contribution in [2.45, 2.75) is 20.4 Å². The summed E-state index contributed by atoms with van der Waals surface area (Å²) >= 11 is 11.0. The summed E-state index contributed by atoms with van der Waals surface area (Å²) in [7, 11) is 0. The third kappa shape index (κ3) is 3.64. The lowest BCUT2D eigenvalue weighted by atomic mass is 9.98. The van der Waals surface area contributed by atoms with Crippen molar-refractivity contribution in [3.05, 3.63) is 31.6 Å². The molecule has 0 saturated heterocycles. The van der Waals surface area contributed by atoms with Crippen LogP contribution in [-0.2, 0) is 6.54 Å². The molecule has 0 N–H and O–H groups in total. The van der Waals surface area contributed by atoms with E-state index >= 15 is 0 Å². The highest BCUT2D eigenvalue weighted by Crippen LogP contribution is 2.17. The Morgan fingerprint density at radius 3 is 2.56 bits per heavy atom. The van der Waals surface area contributed by atoms with Crippen molar-refractivity contribution in [1.82, 2.24) is 4.57 Å². The summed E-state index contributed by atoms with van der Waals surface area (Å²) in [6, 6.07) is 1.77. The van der Waals surface area contributed by atoms with Gasteiger partial charge in [0.15, 0.2) is 0 Å². The van der Waals surface area contributed by atoms with Crippen molar-refractivity contribution in [2.24, 2.45) is 11.8 Å². The van der Waals surface area contributed by atoms with E-state index in [-0.39, 0.29) is 5.56 Å². The number of halogens is 2. The summed E-state index contributed by atoms with van der Waals surface area (Å²) in [6.07, 6.45) is 1.83. The Labute approximate surface area is 118 Å². The maximum atomic E-state index is 11.9. The molecule has 90 valence electrons. The number of thiol groups is 1. The molecule has 0 aliphatic heterocycles. The van der Waals surface area contributed by atoms with Crippen molar-refractivity contribution in [3.8, 4) is 0 Å². The van der Waals surface area contributed by atoms with Gasteiger partial charge in [-0.05, 0) is 55.5 Å². The molecule has 1 aromatic rings. The maximum absolute atomic E-state index is 11.9. The summed E-state index contributed by atoms with van der Waals surface area (Å²) in [4.78, 5) is 11.9. The topological polar surface area (TPSA) is 22.0 Å². The van der Waals surface area contributed by atoms with Gasteiger partial charge in [0.2, 0.25) is 0 Å². The SMILES string of the molecule is CC(C)C(CS)Cn1cc(Br)cc(Br)c1=O. The minimum atomic E-state index is 0.00985. The second-order valence-corrected chi connectivity index (χ2v) is 6.29. The molecule has 1 rings (SSSR count). The zero-order valence-electron chi connectivity index (χ0n) is 9.28. The molecule has 0 saturated carbocycles. The third-order valence-electron chi connectivity index (χ3n) is 2.62. The van der Waals surface area contributed by atoms with Gasteiger partial charge in [-0.25, -0.2) is 0 Å². The first-order chi connectivity index (χ1) is 7.45. The number of hydrogen-bond donors (Lipinski definition) is 1. The highest BCUT2D eigenvalue weighted by atomic mass is 79.9. The molecule has 0 aromatic carbocycles. The van der Waals surface area contributed by atoms with Gasteiger partial charge in [0, 0.05) is 17.2 Å². The van der Waals surface area contributed by atoms with E-state index in [0.29, 0.717) is 22.9 Å². The van der Waals surface area contributed by atoms with Gasteiger partial charge in [0.05, 0.1) is 4.47 Å². The normalized spacial score (nSPS) is 13.1. The number of pyridine rings is 1. The molecule has 1 heterocycles. The van der Waals surface area contributed by atoms with Crippen LogP contribution in [0.1, 0.15) is 13.8 Å². The molecule has 0 aliphatic carbocycles. The van der Waals surface area contributed by atoms with Gasteiger partial charge in [-0.15, -0.1) is 0 Å². The van der Waals surface area contributed by atoms with E-state index in [0.717, 1.165) is 10.2 Å². The fraction of sp³-hybridized carbons (Fsp3) is 0.545. The minimum absolute atomic E-state index is 0.00985. The second-order valence-electron chi connectivity index (χ2n) is 4.15. The van der Waals surface area contributed by atoms with Crippen LogP contribution in [0.4, 0.5) is 0 Å². The van der Waals surface area contributed by atoms with Crippen molar-refractivity contribution in [1.29, 1.82) is 0 Å². The third-order valence-corrected chi connectivity index (χ3v) is 4.09. The highest BCUT2D eigenvalue weighted by Gasteiger charge is 2.14. The average molecular weight is 369 g/mol. The predicted octanol–water partition coefficient (Wildman–Crippen LogP) is 3.58. The van der Waals surface area contributed by atoms with Gasteiger partial charge in [0.25, 0.3) is 5.56 Å². The van der Waals surface area contributed by atoms with Crippen LogP contribution in [0.15, 0.2) is 26.0 Å². The van der Waals surface area contributed by atoms with Crippen LogP contribution < -0.4 is 5.56 Å². The van der Waals surface area contributed by atoms with Crippen molar-refractivity contribution >= 4 is 44.5 Å². The number of aromatic nitrogens is 1. The molecule has 0 radical (unpaired) electrons. The average Bonchev–Trinajstić information content (AvgIpc) is 2.20. The standard InChI is InChI=1S/C11H15Br2NOS/c1-7(2)8(6-16)4-14-5-9(12)3-10(13)11(14)15/h3,5,7-8,16H,4,6H2,1-2H3. The van der Waals surface area contributed by atoms with Crippen molar-refractivity contribution < 1.29 is 0 Å². The van der Waals surface area contributed by atoms with E-state index in [1.807, 2.05) is 6.20 Å². The van der Waals surface area contributed by atoms with Gasteiger partial charge < -0.3 is 4.57 Å². The largest absolute Gasteiger partial charge is 0.313 e. The zero-order chi connectivity index (χ0) is 12.3. The Morgan fingerprint density at radius 2 is 2.06 bits per heavy atom. The van der Waals surface area contributed by atoms with Gasteiger partial charge >= 0.3 is 0 Å². The number of hydrogen-bond acceptors (Lipinski definition) is 2. The first-order valence-electron chi connectivity index (χ1n) is 5.12. The smallest absolute Gasteiger partial charge is 0.264 e. The van der Waals surface area contributed by atoms with E-state index in [4.69, 9.17) is 0 Å². The Kier molecular flexibility index (Phi) is 5.61. The molecule has 16 heavy (non-hydrogen) atoms. The van der Waals surface area contributed by atoms with E-state index < -0.39 is 0 Å². The molecular weight excluding hydrogens is 354 g/mol. The maximum Gasteiger partial charge on any atom is 0.264 e. The summed E-state index contributed by atoms with van der Waals surface area (Å²) in [5, 5.41) is 0. The van der Waals surface area contributed by atoms with Crippen LogP contribution >= 0.6 is 44.5 Å². The summed E-state index contributed by atoms with van der Waals surface area (Å²) in [5.41, 5.74) is 0.00985. The number of nitrogens with zero attached hydrogens (tertiary/aromatic N) is 1. The zero-order valence-corrected chi connectivity index (χ0v) is 13.3. The predicted molar refractivity (Wildman–Crippen MR) is 78.3 cm³/mol. The Hall–Kier alpha value is 0.260. The van der Waals surface area contributed by atoms with Gasteiger partial charge in [-0.1, -0.05) is 13.8 Å². The van der Waals surface area contributed by atoms with Crippen LogP contribution in [0, 0.1) is 11.8 Å². The highest BCUT2D eigenvalue weighted by molar-refractivity contribution is 9.11. The van der Waals surface area contributed by atoms with E-state index in [9.17, 15) is 4.79 Å². The Morgan fingerprint density at radius 1 is 1.44 bits per heavy atom. The quantitative estimate of drug-likeness (QED) is 0.806. The van der Waals surface area contributed by atoms with E-state index in [1.165, 1.54) is 0 Å².